The van der Waals surface area contributed by atoms with Crippen LogP contribution in [-0.2, 0) is 0 Å². The second-order valence-electron chi connectivity index (χ2n) is 7.47. The molecule has 28 heavy (non-hydrogen) atoms. The molecule has 1 aromatic heterocycles. The van der Waals surface area contributed by atoms with Crippen LogP contribution in [0.15, 0.2) is 71.1 Å². The Morgan fingerprint density at radius 2 is 1.86 bits per heavy atom. The van der Waals surface area contributed by atoms with Gasteiger partial charge >= 0.3 is 0 Å². The number of nitrogens with one attached hydrogen (secondary N) is 2. The Bertz CT molecular complexity index is 982. The number of rotatable bonds is 5. The summed E-state index contributed by atoms with van der Waals surface area (Å²) in [6, 6.07) is 22.0. The number of benzene rings is 2. The van der Waals surface area contributed by atoms with Crippen molar-refractivity contribution < 1.29 is 13.9 Å². The molecule has 0 saturated carbocycles. The van der Waals surface area contributed by atoms with Gasteiger partial charge in [0.1, 0.15) is 17.3 Å². The molecular weight excluding hydrogens is 352 g/mol. The zero-order chi connectivity index (χ0) is 18.9. The van der Waals surface area contributed by atoms with Gasteiger partial charge in [0.15, 0.2) is 5.76 Å². The Kier molecular flexibility index (Phi) is 4.37. The highest BCUT2D eigenvalue weighted by Crippen LogP contribution is 2.30. The van der Waals surface area contributed by atoms with E-state index in [4.69, 9.17) is 9.15 Å². The van der Waals surface area contributed by atoms with E-state index in [2.05, 4.69) is 10.6 Å². The molecule has 3 atom stereocenters. The molecule has 0 radical (unpaired) electrons. The van der Waals surface area contributed by atoms with Crippen molar-refractivity contribution in [3.63, 3.8) is 0 Å². The fourth-order valence-electron chi connectivity index (χ4n) is 4.18. The van der Waals surface area contributed by atoms with Crippen molar-refractivity contribution in [2.45, 2.75) is 37.4 Å². The third-order valence-corrected chi connectivity index (χ3v) is 5.54. The van der Waals surface area contributed by atoms with Gasteiger partial charge in [0.2, 0.25) is 0 Å². The summed E-state index contributed by atoms with van der Waals surface area (Å²) in [7, 11) is 0. The number of furan rings is 1. The van der Waals surface area contributed by atoms with Crippen LogP contribution in [-0.4, -0.2) is 24.0 Å². The molecule has 5 rings (SSSR count). The highest BCUT2D eigenvalue weighted by atomic mass is 16.5. The normalized spacial score (nSPS) is 22.9. The number of hydrogen-bond acceptors (Lipinski definition) is 4. The molecule has 2 bridgehead atoms. The van der Waals surface area contributed by atoms with Crippen molar-refractivity contribution in [1.29, 1.82) is 0 Å². The largest absolute Gasteiger partial charge is 0.457 e. The fraction of sp³-hybridized carbons (Fsp3) is 0.261. The highest BCUT2D eigenvalue weighted by molar-refractivity contribution is 5.92. The fourth-order valence-corrected chi connectivity index (χ4v) is 4.18. The van der Waals surface area contributed by atoms with E-state index in [1.54, 1.807) is 6.07 Å². The zero-order valence-corrected chi connectivity index (χ0v) is 15.4. The average Bonchev–Trinajstić information content (AvgIpc) is 3.46. The Morgan fingerprint density at radius 3 is 2.64 bits per heavy atom. The van der Waals surface area contributed by atoms with Crippen LogP contribution in [0.4, 0.5) is 0 Å². The van der Waals surface area contributed by atoms with Gasteiger partial charge in [0.05, 0.1) is 0 Å². The van der Waals surface area contributed by atoms with E-state index in [1.807, 2.05) is 60.7 Å². The van der Waals surface area contributed by atoms with Crippen LogP contribution < -0.4 is 15.4 Å². The summed E-state index contributed by atoms with van der Waals surface area (Å²) < 4.78 is 11.7. The van der Waals surface area contributed by atoms with Crippen LogP contribution in [0.25, 0.3) is 11.3 Å². The molecule has 2 N–H and O–H groups in total. The topological polar surface area (TPSA) is 63.5 Å². The Morgan fingerprint density at radius 1 is 1.00 bits per heavy atom. The summed E-state index contributed by atoms with van der Waals surface area (Å²) in [6.45, 7) is 0. The van der Waals surface area contributed by atoms with Crippen molar-refractivity contribution in [3.8, 4) is 22.8 Å². The van der Waals surface area contributed by atoms with Crippen LogP contribution in [0.3, 0.4) is 0 Å². The monoisotopic (exact) mass is 374 g/mol. The second-order valence-corrected chi connectivity index (χ2v) is 7.47. The minimum Gasteiger partial charge on any atom is -0.457 e. The quantitative estimate of drug-likeness (QED) is 0.696. The molecule has 3 heterocycles. The van der Waals surface area contributed by atoms with Gasteiger partial charge in [-0.3, -0.25) is 4.79 Å². The van der Waals surface area contributed by atoms with Crippen molar-refractivity contribution in [3.05, 3.63) is 72.5 Å². The van der Waals surface area contributed by atoms with E-state index in [0.29, 0.717) is 23.6 Å². The van der Waals surface area contributed by atoms with Gasteiger partial charge in [-0.15, -0.1) is 0 Å². The average molecular weight is 374 g/mol. The summed E-state index contributed by atoms with van der Waals surface area (Å²) in [6.07, 6.45) is 3.35. The summed E-state index contributed by atoms with van der Waals surface area (Å²) in [5.74, 6) is 2.34. The molecule has 1 amide bonds. The van der Waals surface area contributed by atoms with E-state index < -0.39 is 0 Å². The molecule has 0 unspecified atom stereocenters. The van der Waals surface area contributed by atoms with Gasteiger partial charge < -0.3 is 19.8 Å². The lowest BCUT2D eigenvalue weighted by atomic mass is 9.95. The molecule has 0 aliphatic carbocycles. The summed E-state index contributed by atoms with van der Waals surface area (Å²) in [4.78, 5) is 12.6. The van der Waals surface area contributed by atoms with Crippen LogP contribution in [0.2, 0.25) is 0 Å². The molecule has 2 aromatic carbocycles. The van der Waals surface area contributed by atoms with Gasteiger partial charge in [-0.25, -0.2) is 0 Å². The first kappa shape index (κ1) is 17.1. The maximum atomic E-state index is 12.6. The molecule has 2 aliphatic rings. The number of carbonyl (C=O) groups excluding carboxylic acids is 1. The van der Waals surface area contributed by atoms with E-state index in [-0.39, 0.29) is 11.9 Å². The van der Waals surface area contributed by atoms with Crippen molar-refractivity contribution in [2.24, 2.45) is 0 Å². The van der Waals surface area contributed by atoms with Gasteiger partial charge in [0.25, 0.3) is 5.91 Å². The first-order chi connectivity index (χ1) is 13.7. The first-order valence-electron chi connectivity index (χ1n) is 9.75. The maximum Gasteiger partial charge on any atom is 0.287 e. The second kappa shape index (κ2) is 7.17. The Labute approximate surface area is 163 Å². The van der Waals surface area contributed by atoms with Crippen molar-refractivity contribution in [2.75, 3.05) is 0 Å². The molecular formula is C23H22N2O3. The molecule has 0 spiro atoms. The zero-order valence-electron chi connectivity index (χ0n) is 15.4. The third-order valence-electron chi connectivity index (χ3n) is 5.54. The third kappa shape index (κ3) is 3.41. The maximum absolute atomic E-state index is 12.6. The smallest absolute Gasteiger partial charge is 0.287 e. The van der Waals surface area contributed by atoms with Crippen molar-refractivity contribution in [1.82, 2.24) is 10.6 Å². The first-order valence-corrected chi connectivity index (χ1v) is 9.75. The summed E-state index contributed by atoms with van der Waals surface area (Å²) in [5.41, 5.74) is 0.870. The van der Waals surface area contributed by atoms with Crippen molar-refractivity contribution >= 4 is 5.91 Å². The molecule has 142 valence electrons. The number of para-hydroxylation sites is 1. The lowest BCUT2D eigenvalue weighted by molar-refractivity contribution is 0.0903. The molecule has 2 saturated heterocycles. The SMILES string of the molecule is O=C(N[C@@H]1C[C@H]2CC[C@@H]1N2)c1ccc(-c2cccc(Oc3ccccc3)c2)o1. The van der Waals surface area contributed by atoms with Crippen LogP contribution in [0.1, 0.15) is 29.8 Å². The van der Waals surface area contributed by atoms with E-state index in [1.165, 1.54) is 6.42 Å². The molecule has 2 aliphatic heterocycles. The number of hydrogen-bond donors (Lipinski definition) is 2. The predicted octanol–water partition coefficient (Wildman–Crippen LogP) is 4.36. The molecule has 3 aromatic rings. The van der Waals surface area contributed by atoms with Gasteiger partial charge in [-0.1, -0.05) is 30.3 Å². The Hall–Kier alpha value is -3.05. The lowest BCUT2D eigenvalue weighted by Gasteiger charge is -2.20. The predicted molar refractivity (Wildman–Crippen MR) is 106 cm³/mol. The number of carbonyl (C=O) groups is 1. The molecule has 5 nitrogen and oxygen atoms in total. The van der Waals surface area contributed by atoms with Crippen LogP contribution in [0, 0.1) is 0 Å². The lowest BCUT2D eigenvalue weighted by Crippen LogP contribution is -2.42. The van der Waals surface area contributed by atoms with Gasteiger partial charge in [0, 0.05) is 23.7 Å². The van der Waals surface area contributed by atoms with Crippen LogP contribution >= 0.6 is 0 Å². The number of fused-ring (bicyclic) bond motifs is 2. The summed E-state index contributed by atoms with van der Waals surface area (Å²) >= 11 is 0. The summed E-state index contributed by atoms with van der Waals surface area (Å²) in [5, 5.41) is 6.65. The number of amides is 1. The molecule has 5 heteroatoms. The number of ether oxygens (including phenoxy) is 1. The van der Waals surface area contributed by atoms with E-state index in [0.717, 1.165) is 29.9 Å². The van der Waals surface area contributed by atoms with E-state index >= 15 is 0 Å². The van der Waals surface area contributed by atoms with Crippen LogP contribution in [0.5, 0.6) is 11.5 Å². The highest BCUT2D eigenvalue weighted by Gasteiger charge is 2.39. The minimum atomic E-state index is -0.151. The molecule has 2 fully saturated rings. The minimum absolute atomic E-state index is 0.151. The van der Waals surface area contributed by atoms with Gasteiger partial charge in [-0.2, -0.15) is 0 Å². The standard InChI is InChI=1S/C23H22N2O3/c26-23(25-20-14-16-9-10-19(20)24-16)22-12-11-21(28-22)15-5-4-8-18(13-15)27-17-6-2-1-3-7-17/h1-8,11-13,16,19-20,24H,9-10,14H2,(H,25,26)/t16-,19+,20-/m1/s1. The van der Waals surface area contributed by atoms with Gasteiger partial charge in [-0.05, 0) is 55.7 Å². The van der Waals surface area contributed by atoms with E-state index in [9.17, 15) is 4.79 Å². The Balaban J connectivity index is 1.29.